The van der Waals surface area contributed by atoms with Gasteiger partial charge in [0.25, 0.3) is 5.56 Å². The van der Waals surface area contributed by atoms with Gasteiger partial charge < -0.3 is 9.40 Å². The van der Waals surface area contributed by atoms with Gasteiger partial charge in [-0.15, -0.1) is 11.3 Å². The van der Waals surface area contributed by atoms with Crippen molar-refractivity contribution in [3.8, 4) is 17.4 Å². The second-order valence-corrected chi connectivity index (χ2v) is 8.03. The van der Waals surface area contributed by atoms with Crippen LogP contribution in [-0.2, 0) is 6.18 Å². The maximum Gasteiger partial charge on any atom is 0.416 e. The molecule has 0 saturated heterocycles. The van der Waals surface area contributed by atoms with Crippen molar-refractivity contribution in [3.05, 3.63) is 74.3 Å². The van der Waals surface area contributed by atoms with Crippen LogP contribution in [0.4, 0.5) is 13.2 Å². The van der Waals surface area contributed by atoms with Crippen LogP contribution in [0, 0.1) is 25.2 Å². The number of halogens is 3. The van der Waals surface area contributed by atoms with Crippen molar-refractivity contribution in [3.63, 3.8) is 0 Å². The average Bonchev–Trinajstić information content (AvgIpc) is 3.30. The molecule has 4 rings (SSSR count). The lowest BCUT2D eigenvalue weighted by molar-refractivity contribution is -0.137. The minimum atomic E-state index is -4.46. The van der Waals surface area contributed by atoms with E-state index >= 15 is 0 Å². The van der Waals surface area contributed by atoms with Gasteiger partial charge in [0.2, 0.25) is 0 Å². The molecule has 5 nitrogen and oxygen atoms in total. The largest absolute Gasteiger partial charge is 0.457 e. The van der Waals surface area contributed by atoms with E-state index in [0.29, 0.717) is 10.2 Å². The van der Waals surface area contributed by atoms with Crippen LogP contribution in [0.5, 0.6) is 0 Å². The fourth-order valence-corrected chi connectivity index (χ4v) is 4.14. The molecule has 1 aromatic carbocycles. The quantitative estimate of drug-likeness (QED) is 0.399. The van der Waals surface area contributed by atoms with Crippen LogP contribution in [-0.4, -0.2) is 9.97 Å². The molecule has 0 spiro atoms. The summed E-state index contributed by atoms with van der Waals surface area (Å²) in [5.41, 5.74) is 0.0394. The third-order valence-corrected chi connectivity index (χ3v) is 5.90. The Morgan fingerprint density at radius 3 is 2.74 bits per heavy atom. The first kappa shape index (κ1) is 20.6. The summed E-state index contributed by atoms with van der Waals surface area (Å²) in [6, 6.07) is 9.80. The molecule has 0 aliphatic heterocycles. The number of rotatable bonds is 3. The van der Waals surface area contributed by atoms with Crippen molar-refractivity contribution in [1.82, 2.24) is 9.97 Å². The number of nitrogens with zero attached hydrogens (tertiary/aromatic N) is 2. The molecule has 1 N–H and O–H groups in total. The first-order chi connectivity index (χ1) is 14.7. The van der Waals surface area contributed by atoms with Crippen molar-refractivity contribution in [2.24, 2.45) is 0 Å². The van der Waals surface area contributed by atoms with E-state index in [0.717, 1.165) is 22.6 Å². The SMILES string of the molecule is Cc1sc2nc(C(C#N)=Cc3ccc(-c4cccc(C(F)(F)F)c4)o3)[nH]c(=O)c2c1C. The van der Waals surface area contributed by atoms with E-state index in [4.69, 9.17) is 4.42 Å². The zero-order valence-corrected chi connectivity index (χ0v) is 17.1. The van der Waals surface area contributed by atoms with Crippen molar-refractivity contribution in [1.29, 1.82) is 5.26 Å². The first-order valence-electron chi connectivity index (χ1n) is 9.07. The fraction of sp³-hybridized carbons (Fsp3) is 0.136. The normalized spacial score (nSPS) is 12.3. The molecule has 4 aromatic rings. The predicted molar refractivity (Wildman–Crippen MR) is 112 cm³/mol. The van der Waals surface area contributed by atoms with Crippen LogP contribution in [0.15, 0.2) is 45.6 Å². The van der Waals surface area contributed by atoms with Crippen LogP contribution in [0.1, 0.15) is 27.6 Å². The Bertz CT molecular complexity index is 1430. The lowest BCUT2D eigenvalue weighted by Gasteiger charge is -2.07. The molecule has 0 aliphatic carbocycles. The summed E-state index contributed by atoms with van der Waals surface area (Å²) < 4.78 is 44.5. The van der Waals surface area contributed by atoms with Crippen LogP contribution >= 0.6 is 11.3 Å². The topological polar surface area (TPSA) is 82.7 Å². The van der Waals surface area contributed by atoms with Gasteiger partial charge in [-0.1, -0.05) is 12.1 Å². The third kappa shape index (κ3) is 3.90. The van der Waals surface area contributed by atoms with Crippen LogP contribution in [0.2, 0.25) is 0 Å². The van der Waals surface area contributed by atoms with Gasteiger partial charge >= 0.3 is 6.18 Å². The molecular weight excluding hydrogens is 427 g/mol. The molecule has 0 bridgehead atoms. The summed E-state index contributed by atoms with van der Waals surface area (Å²) >= 11 is 1.36. The first-order valence-corrected chi connectivity index (χ1v) is 9.88. The predicted octanol–water partition coefficient (Wildman–Crippen LogP) is 5.94. The molecule has 0 atom stereocenters. The van der Waals surface area contributed by atoms with E-state index in [-0.39, 0.29) is 34.0 Å². The lowest BCUT2D eigenvalue weighted by Crippen LogP contribution is -2.10. The number of furan rings is 1. The molecule has 0 unspecified atom stereocenters. The van der Waals surface area contributed by atoms with Gasteiger partial charge in [-0.2, -0.15) is 18.4 Å². The maximum atomic E-state index is 13.0. The molecule has 3 heterocycles. The van der Waals surface area contributed by atoms with Gasteiger partial charge in [0, 0.05) is 16.5 Å². The van der Waals surface area contributed by atoms with Gasteiger partial charge in [0.1, 0.15) is 22.4 Å². The number of fused-ring (bicyclic) bond motifs is 1. The Labute approximate surface area is 178 Å². The number of thiophene rings is 1. The monoisotopic (exact) mass is 441 g/mol. The van der Waals surface area contributed by atoms with Gasteiger partial charge in [-0.05, 0) is 43.7 Å². The summed E-state index contributed by atoms with van der Waals surface area (Å²) in [7, 11) is 0. The van der Waals surface area contributed by atoms with Gasteiger partial charge in [-0.3, -0.25) is 4.79 Å². The average molecular weight is 441 g/mol. The number of benzene rings is 1. The summed E-state index contributed by atoms with van der Waals surface area (Å²) in [4.78, 5) is 21.0. The zero-order chi connectivity index (χ0) is 22.3. The van der Waals surface area contributed by atoms with Crippen molar-refractivity contribution >= 4 is 33.2 Å². The lowest BCUT2D eigenvalue weighted by atomic mass is 10.1. The van der Waals surface area contributed by atoms with Crippen molar-refractivity contribution in [2.45, 2.75) is 20.0 Å². The summed E-state index contributed by atoms with van der Waals surface area (Å²) in [6.45, 7) is 3.73. The molecule has 31 heavy (non-hydrogen) atoms. The number of hydrogen-bond donors (Lipinski definition) is 1. The van der Waals surface area contributed by atoms with Crippen molar-refractivity contribution < 1.29 is 17.6 Å². The molecule has 3 aromatic heterocycles. The molecule has 0 amide bonds. The van der Waals surface area contributed by atoms with E-state index < -0.39 is 11.7 Å². The summed E-state index contributed by atoms with van der Waals surface area (Å²) in [6.07, 6.45) is -3.08. The molecule has 0 saturated carbocycles. The van der Waals surface area contributed by atoms with E-state index in [1.54, 1.807) is 0 Å². The fourth-order valence-electron chi connectivity index (χ4n) is 3.11. The van der Waals surface area contributed by atoms with E-state index in [2.05, 4.69) is 9.97 Å². The van der Waals surface area contributed by atoms with Gasteiger partial charge in [0.05, 0.1) is 16.5 Å². The minimum Gasteiger partial charge on any atom is -0.457 e. The highest BCUT2D eigenvalue weighted by Crippen LogP contribution is 2.33. The standard InChI is InChI=1S/C22H14F3N3O2S/c1-11-12(2)31-21-18(11)20(29)27-19(28-21)14(10-26)9-16-6-7-17(30-16)13-4-3-5-15(8-13)22(23,24)25/h3-9H,1-2H3,(H,27,28,29). The van der Waals surface area contributed by atoms with Crippen LogP contribution in [0.25, 0.3) is 33.2 Å². The number of aryl methyl sites for hydroxylation is 2. The smallest absolute Gasteiger partial charge is 0.416 e. The number of alkyl halides is 3. The number of aromatic nitrogens is 2. The minimum absolute atomic E-state index is 0.0626. The van der Waals surface area contributed by atoms with Crippen LogP contribution < -0.4 is 5.56 Å². The Kier molecular flexibility index (Phi) is 5.03. The highest BCUT2D eigenvalue weighted by molar-refractivity contribution is 7.18. The second-order valence-electron chi connectivity index (χ2n) is 6.83. The van der Waals surface area contributed by atoms with Gasteiger partial charge in [0.15, 0.2) is 5.82 Å². The molecule has 0 aliphatic rings. The number of nitrogens with one attached hydrogen (secondary N) is 1. The van der Waals surface area contributed by atoms with Gasteiger partial charge in [-0.25, -0.2) is 4.98 Å². The highest BCUT2D eigenvalue weighted by Gasteiger charge is 2.30. The summed E-state index contributed by atoms with van der Waals surface area (Å²) in [5, 5.41) is 10.1. The highest BCUT2D eigenvalue weighted by atomic mass is 32.1. The van der Waals surface area contributed by atoms with E-state index in [1.165, 1.54) is 41.7 Å². The molecule has 9 heteroatoms. The molecule has 0 radical (unpaired) electrons. The maximum absolute atomic E-state index is 13.0. The second kappa shape index (κ2) is 7.56. The number of hydrogen-bond acceptors (Lipinski definition) is 5. The Morgan fingerprint density at radius 1 is 1.26 bits per heavy atom. The number of H-pyrrole nitrogens is 1. The number of aromatic amines is 1. The van der Waals surface area contributed by atoms with Crippen LogP contribution in [0.3, 0.4) is 0 Å². The van der Waals surface area contributed by atoms with E-state index in [9.17, 15) is 23.2 Å². The summed E-state index contributed by atoms with van der Waals surface area (Å²) in [5.74, 6) is 0.555. The molecule has 0 fully saturated rings. The zero-order valence-electron chi connectivity index (χ0n) is 16.3. The Morgan fingerprint density at radius 2 is 2.03 bits per heavy atom. The Balaban J connectivity index is 1.72. The molecule has 156 valence electrons. The number of nitriles is 1. The number of allylic oxidation sites excluding steroid dienone is 1. The van der Waals surface area contributed by atoms with E-state index in [1.807, 2.05) is 19.9 Å². The van der Waals surface area contributed by atoms with Crippen molar-refractivity contribution in [2.75, 3.05) is 0 Å². The Hall–Kier alpha value is -3.64. The molecular formula is C22H14F3N3O2S. The third-order valence-electron chi connectivity index (χ3n) is 4.80.